The molecule has 0 saturated heterocycles. The third kappa shape index (κ3) is 2.53. The lowest BCUT2D eigenvalue weighted by molar-refractivity contribution is -0.127. The molecule has 3 rings (SSSR count). The highest BCUT2D eigenvalue weighted by atomic mass is 16.1. The van der Waals surface area contributed by atoms with E-state index < -0.39 is 0 Å². The SMILES string of the molecule is NCC1(C(=O)Cc2ccn(C3CCCC3)n2)CCCC1. The first-order chi connectivity index (χ1) is 9.73. The molecule has 2 N–H and O–H groups in total. The number of nitrogens with zero attached hydrogens (tertiary/aromatic N) is 2. The molecule has 1 aromatic rings. The largest absolute Gasteiger partial charge is 0.329 e. The van der Waals surface area contributed by atoms with E-state index in [0.717, 1.165) is 31.4 Å². The number of carbonyl (C=O) groups is 1. The Morgan fingerprint density at radius 2 is 2.00 bits per heavy atom. The van der Waals surface area contributed by atoms with Crippen LogP contribution in [-0.2, 0) is 11.2 Å². The van der Waals surface area contributed by atoms with Gasteiger partial charge in [0.25, 0.3) is 0 Å². The third-order valence-corrected chi connectivity index (χ3v) is 5.25. The van der Waals surface area contributed by atoms with Gasteiger partial charge in [-0.2, -0.15) is 5.10 Å². The van der Waals surface area contributed by atoms with Crippen LogP contribution in [0.25, 0.3) is 0 Å². The number of ketones is 1. The highest BCUT2D eigenvalue weighted by molar-refractivity contribution is 5.87. The Labute approximate surface area is 120 Å². The molecule has 2 aliphatic rings. The van der Waals surface area contributed by atoms with Gasteiger partial charge in [0, 0.05) is 18.2 Å². The van der Waals surface area contributed by atoms with Crippen molar-refractivity contribution in [1.82, 2.24) is 9.78 Å². The summed E-state index contributed by atoms with van der Waals surface area (Å²) in [4.78, 5) is 12.6. The second kappa shape index (κ2) is 5.68. The average Bonchev–Trinajstić information content (AvgIpc) is 3.20. The van der Waals surface area contributed by atoms with Gasteiger partial charge in [-0.05, 0) is 31.7 Å². The van der Waals surface area contributed by atoms with Crippen LogP contribution in [0.3, 0.4) is 0 Å². The third-order valence-electron chi connectivity index (χ3n) is 5.25. The molecule has 0 bridgehead atoms. The first-order valence-corrected chi connectivity index (χ1v) is 8.01. The Balaban J connectivity index is 1.66. The van der Waals surface area contributed by atoms with Crippen molar-refractivity contribution in [2.45, 2.75) is 63.8 Å². The molecule has 0 unspecified atom stereocenters. The number of hydrogen-bond donors (Lipinski definition) is 1. The van der Waals surface area contributed by atoms with Crippen molar-refractivity contribution < 1.29 is 4.79 Å². The van der Waals surface area contributed by atoms with Crippen LogP contribution in [0.5, 0.6) is 0 Å². The summed E-state index contributed by atoms with van der Waals surface area (Å²) in [5, 5.41) is 4.62. The van der Waals surface area contributed by atoms with E-state index in [2.05, 4.69) is 9.78 Å². The second-order valence-electron chi connectivity index (χ2n) is 6.52. The van der Waals surface area contributed by atoms with Gasteiger partial charge in [-0.3, -0.25) is 9.48 Å². The van der Waals surface area contributed by atoms with Crippen LogP contribution in [0.15, 0.2) is 12.3 Å². The Hall–Kier alpha value is -1.16. The zero-order valence-electron chi connectivity index (χ0n) is 12.2. The van der Waals surface area contributed by atoms with Crippen LogP contribution in [0, 0.1) is 5.41 Å². The van der Waals surface area contributed by atoms with E-state index in [1.54, 1.807) is 0 Å². The average molecular weight is 275 g/mol. The zero-order valence-corrected chi connectivity index (χ0v) is 12.2. The fourth-order valence-corrected chi connectivity index (χ4v) is 3.84. The van der Waals surface area contributed by atoms with Crippen molar-refractivity contribution in [3.63, 3.8) is 0 Å². The summed E-state index contributed by atoms with van der Waals surface area (Å²) in [6.45, 7) is 0.495. The smallest absolute Gasteiger partial charge is 0.146 e. The molecule has 110 valence electrons. The van der Waals surface area contributed by atoms with Crippen molar-refractivity contribution in [3.05, 3.63) is 18.0 Å². The van der Waals surface area contributed by atoms with E-state index in [1.807, 2.05) is 12.3 Å². The zero-order chi connectivity index (χ0) is 14.0. The highest BCUT2D eigenvalue weighted by Gasteiger charge is 2.39. The predicted octanol–water partition coefficient (Wildman–Crippen LogP) is 2.63. The number of hydrogen-bond acceptors (Lipinski definition) is 3. The van der Waals surface area contributed by atoms with E-state index in [-0.39, 0.29) is 5.41 Å². The van der Waals surface area contributed by atoms with Gasteiger partial charge in [0.1, 0.15) is 5.78 Å². The van der Waals surface area contributed by atoms with Crippen LogP contribution >= 0.6 is 0 Å². The summed E-state index contributed by atoms with van der Waals surface area (Å²) in [6, 6.07) is 2.56. The molecule has 0 atom stereocenters. The summed E-state index contributed by atoms with van der Waals surface area (Å²) in [5.41, 5.74) is 6.55. The van der Waals surface area contributed by atoms with Crippen LogP contribution in [0.1, 0.15) is 63.1 Å². The molecule has 2 fully saturated rings. The number of aromatic nitrogens is 2. The van der Waals surface area contributed by atoms with Gasteiger partial charge >= 0.3 is 0 Å². The Morgan fingerprint density at radius 3 is 2.65 bits per heavy atom. The van der Waals surface area contributed by atoms with Crippen molar-refractivity contribution in [1.29, 1.82) is 0 Å². The molecule has 1 heterocycles. The Bertz CT molecular complexity index is 468. The summed E-state index contributed by atoms with van der Waals surface area (Å²) in [7, 11) is 0. The highest BCUT2D eigenvalue weighted by Crippen LogP contribution is 2.38. The number of rotatable bonds is 5. The lowest BCUT2D eigenvalue weighted by Gasteiger charge is -2.24. The van der Waals surface area contributed by atoms with Gasteiger partial charge in [0.2, 0.25) is 0 Å². The van der Waals surface area contributed by atoms with Crippen LogP contribution in [0.2, 0.25) is 0 Å². The molecule has 0 spiro atoms. The van der Waals surface area contributed by atoms with E-state index in [1.165, 1.54) is 25.7 Å². The molecule has 0 radical (unpaired) electrons. The van der Waals surface area contributed by atoms with Gasteiger partial charge in [0.15, 0.2) is 0 Å². The van der Waals surface area contributed by atoms with Crippen molar-refractivity contribution in [2.75, 3.05) is 6.54 Å². The minimum atomic E-state index is -0.253. The van der Waals surface area contributed by atoms with E-state index in [4.69, 9.17) is 5.73 Å². The van der Waals surface area contributed by atoms with E-state index in [0.29, 0.717) is 24.8 Å². The number of carbonyl (C=O) groups excluding carboxylic acids is 1. The minimum absolute atomic E-state index is 0.253. The molecule has 2 saturated carbocycles. The number of Topliss-reactive ketones (excluding diaryl/α,β-unsaturated/α-hetero) is 1. The standard InChI is InChI=1S/C16H25N3O/c17-12-16(8-3-4-9-16)15(20)11-13-7-10-19(18-13)14-5-1-2-6-14/h7,10,14H,1-6,8-9,11-12,17H2. The van der Waals surface area contributed by atoms with Crippen LogP contribution in [0.4, 0.5) is 0 Å². The summed E-state index contributed by atoms with van der Waals surface area (Å²) in [6.07, 6.45) is 11.8. The summed E-state index contributed by atoms with van der Waals surface area (Å²) in [5.74, 6) is 0.300. The van der Waals surface area contributed by atoms with Crippen molar-refractivity contribution in [3.8, 4) is 0 Å². The number of nitrogens with two attached hydrogens (primary N) is 1. The van der Waals surface area contributed by atoms with Gasteiger partial charge in [0.05, 0.1) is 18.2 Å². The molecular formula is C16H25N3O. The van der Waals surface area contributed by atoms with Gasteiger partial charge < -0.3 is 5.73 Å². The second-order valence-corrected chi connectivity index (χ2v) is 6.52. The summed E-state index contributed by atoms with van der Waals surface area (Å²) < 4.78 is 2.07. The maximum Gasteiger partial charge on any atom is 0.146 e. The first kappa shape index (κ1) is 13.8. The first-order valence-electron chi connectivity index (χ1n) is 8.01. The van der Waals surface area contributed by atoms with Crippen molar-refractivity contribution >= 4 is 5.78 Å². The molecule has 0 amide bonds. The normalized spacial score (nSPS) is 22.4. The Kier molecular flexibility index (Phi) is 3.92. The molecule has 2 aliphatic carbocycles. The molecule has 1 aromatic heterocycles. The van der Waals surface area contributed by atoms with Gasteiger partial charge in [-0.15, -0.1) is 0 Å². The lowest BCUT2D eigenvalue weighted by Crippen LogP contribution is -2.37. The van der Waals surface area contributed by atoms with Gasteiger partial charge in [-0.25, -0.2) is 0 Å². The predicted molar refractivity (Wildman–Crippen MR) is 78.4 cm³/mol. The fourth-order valence-electron chi connectivity index (χ4n) is 3.84. The topological polar surface area (TPSA) is 60.9 Å². The molecule has 20 heavy (non-hydrogen) atoms. The van der Waals surface area contributed by atoms with E-state index in [9.17, 15) is 4.79 Å². The van der Waals surface area contributed by atoms with E-state index >= 15 is 0 Å². The lowest BCUT2D eigenvalue weighted by atomic mass is 9.80. The van der Waals surface area contributed by atoms with Gasteiger partial charge in [-0.1, -0.05) is 25.7 Å². The molecule has 0 aromatic carbocycles. The monoisotopic (exact) mass is 275 g/mol. The van der Waals surface area contributed by atoms with Crippen molar-refractivity contribution in [2.24, 2.45) is 11.1 Å². The maximum absolute atomic E-state index is 12.6. The molecule has 0 aliphatic heterocycles. The maximum atomic E-state index is 12.6. The fraction of sp³-hybridized carbons (Fsp3) is 0.750. The molecule has 4 nitrogen and oxygen atoms in total. The van der Waals surface area contributed by atoms with Crippen LogP contribution < -0.4 is 5.73 Å². The Morgan fingerprint density at radius 1 is 1.30 bits per heavy atom. The molecular weight excluding hydrogens is 250 g/mol. The molecule has 4 heteroatoms. The summed E-state index contributed by atoms with van der Waals surface area (Å²) >= 11 is 0. The quantitative estimate of drug-likeness (QED) is 0.898. The van der Waals surface area contributed by atoms with Crippen LogP contribution in [-0.4, -0.2) is 22.1 Å². The minimum Gasteiger partial charge on any atom is -0.329 e.